The average molecular weight is 451 g/mol. The van der Waals surface area contributed by atoms with Crippen molar-refractivity contribution in [2.75, 3.05) is 6.54 Å². The Labute approximate surface area is 190 Å². The molecule has 0 aliphatic carbocycles. The zero-order chi connectivity index (χ0) is 23.4. The second-order valence-corrected chi connectivity index (χ2v) is 7.98. The van der Waals surface area contributed by atoms with Crippen LogP contribution in [0.25, 0.3) is 10.9 Å². The zero-order valence-electron chi connectivity index (χ0n) is 18.1. The Bertz CT molecular complexity index is 1250. The first kappa shape index (κ1) is 22.6. The van der Waals surface area contributed by atoms with Crippen LogP contribution in [0.3, 0.4) is 0 Å². The summed E-state index contributed by atoms with van der Waals surface area (Å²) in [6.07, 6.45) is -0.561. The maximum atomic E-state index is 13.9. The molecule has 4 aromatic rings. The predicted octanol–water partition coefficient (Wildman–Crippen LogP) is 5.47. The van der Waals surface area contributed by atoms with Crippen LogP contribution in [0.1, 0.15) is 34.7 Å². The van der Waals surface area contributed by atoms with E-state index in [1.54, 1.807) is 12.3 Å². The third-order valence-corrected chi connectivity index (χ3v) is 5.76. The van der Waals surface area contributed by atoms with Crippen molar-refractivity contribution in [1.29, 1.82) is 0 Å². The van der Waals surface area contributed by atoms with Gasteiger partial charge in [-0.15, -0.1) is 0 Å². The van der Waals surface area contributed by atoms with Gasteiger partial charge in [-0.1, -0.05) is 42.5 Å². The van der Waals surface area contributed by atoms with Crippen LogP contribution in [0.15, 0.2) is 79.1 Å². The molecule has 1 atom stereocenters. The van der Waals surface area contributed by atoms with E-state index in [9.17, 15) is 18.0 Å². The minimum Gasteiger partial charge on any atom is -0.356 e. The van der Waals surface area contributed by atoms with Crippen molar-refractivity contribution in [2.24, 2.45) is 7.05 Å². The summed E-state index contributed by atoms with van der Waals surface area (Å²) >= 11 is 0. The number of amides is 1. The third kappa shape index (κ3) is 5.08. The van der Waals surface area contributed by atoms with Gasteiger partial charge in [-0.3, -0.25) is 9.78 Å². The Morgan fingerprint density at radius 1 is 1.00 bits per heavy atom. The van der Waals surface area contributed by atoms with E-state index in [-0.39, 0.29) is 17.9 Å². The number of hydrogen-bond donors (Lipinski definition) is 1. The highest BCUT2D eigenvalue weighted by atomic mass is 19.4. The number of carbonyl (C=O) groups excluding carboxylic acids is 1. The molecule has 4 nitrogen and oxygen atoms in total. The molecular weight excluding hydrogens is 427 g/mol. The second-order valence-electron chi connectivity index (χ2n) is 7.98. The number of rotatable bonds is 7. The van der Waals surface area contributed by atoms with Crippen molar-refractivity contribution in [1.82, 2.24) is 14.9 Å². The average Bonchev–Trinajstić information content (AvgIpc) is 3.14. The number of nitrogens with zero attached hydrogens (tertiary/aromatic N) is 2. The van der Waals surface area contributed by atoms with E-state index < -0.39 is 17.7 Å². The highest BCUT2D eigenvalue weighted by Crippen LogP contribution is 2.41. The van der Waals surface area contributed by atoms with Crippen molar-refractivity contribution in [3.8, 4) is 0 Å². The highest BCUT2D eigenvalue weighted by molar-refractivity contribution is 5.86. The Kier molecular flexibility index (Phi) is 6.49. The van der Waals surface area contributed by atoms with E-state index in [4.69, 9.17) is 0 Å². The Morgan fingerprint density at radius 3 is 2.48 bits per heavy atom. The molecule has 170 valence electrons. The van der Waals surface area contributed by atoms with Gasteiger partial charge >= 0.3 is 6.18 Å². The molecule has 0 saturated carbocycles. The van der Waals surface area contributed by atoms with Crippen molar-refractivity contribution >= 4 is 16.8 Å². The largest absolute Gasteiger partial charge is 0.416 e. The lowest BCUT2D eigenvalue weighted by Crippen LogP contribution is -2.28. The summed E-state index contributed by atoms with van der Waals surface area (Å²) in [5.41, 5.74) is 1.82. The molecule has 2 heterocycles. The number of aromatic nitrogens is 2. The molecule has 0 spiro atoms. The first-order valence-electron chi connectivity index (χ1n) is 10.7. The van der Waals surface area contributed by atoms with E-state index in [0.717, 1.165) is 22.7 Å². The molecule has 33 heavy (non-hydrogen) atoms. The number of fused-ring (bicyclic) bond motifs is 1. The van der Waals surface area contributed by atoms with Gasteiger partial charge in [-0.05, 0) is 35.4 Å². The molecule has 0 bridgehead atoms. The molecule has 4 rings (SSSR count). The van der Waals surface area contributed by atoms with Gasteiger partial charge in [0.1, 0.15) is 0 Å². The summed E-state index contributed by atoms with van der Waals surface area (Å²) in [5, 5.41) is 3.68. The van der Waals surface area contributed by atoms with Gasteiger partial charge in [0.05, 0.1) is 5.56 Å². The lowest BCUT2D eigenvalue weighted by Gasteiger charge is -2.21. The summed E-state index contributed by atoms with van der Waals surface area (Å²) in [7, 11) is 1.85. The first-order valence-corrected chi connectivity index (χ1v) is 10.7. The van der Waals surface area contributed by atoms with Crippen LogP contribution in [0, 0.1) is 0 Å². The van der Waals surface area contributed by atoms with Crippen molar-refractivity contribution in [3.05, 3.63) is 102 Å². The van der Waals surface area contributed by atoms with Crippen LogP contribution in [0.4, 0.5) is 13.2 Å². The van der Waals surface area contributed by atoms with Gasteiger partial charge < -0.3 is 9.88 Å². The molecule has 0 aliphatic heterocycles. The number of benzene rings is 2. The smallest absolute Gasteiger partial charge is 0.356 e. The topological polar surface area (TPSA) is 46.9 Å². The van der Waals surface area contributed by atoms with Crippen LogP contribution in [-0.4, -0.2) is 22.0 Å². The highest BCUT2D eigenvalue weighted by Gasteiger charge is 2.36. The first-order chi connectivity index (χ1) is 15.8. The number of carbonyl (C=O) groups is 1. The summed E-state index contributed by atoms with van der Waals surface area (Å²) in [5.74, 6) is -1.05. The Morgan fingerprint density at radius 2 is 1.73 bits per heavy atom. The normalized spacial score (nSPS) is 12.6. The standard InChI is InChI=1S/C26H24F3N3O/c1-32-17-22(20-10-3-5-12-24(20)32)21(19-9-2-4-11-23(19)26(27,28)29)16-25(33)31-15-13-18-8-6-7-14-30-18/h2-12,14,17,21H,13,15-16H2,1H3,(H,31,33). The summed E-state index contributed by atoms with van der Waals surface area (Å²) in [6.45, 7) is 0.360. The number of pyridine rings is 1. The molecule has 1 amide bonds. The fourth-order valence-corrected chi connectivity index (χ4v) is 4.23. The fourth-order valence-electron chi connectivity index (χ4n) is 4.23. The lowest BCUT2D eigenvalue weighted by atomic mass is 9.85. The minimum atomic E-state index is -4.52. The molecule has 1 unspecified atom stereocenters. The number of hydrogen-bond acceptors (Lipinski definition) is 2. The molecule has 0 fully saturated rings. The zero-order valence-corrected chi connectivity index (χ0v) is 18.1. The summed E-state index contributed by atoms with van der Waals surface area (Å²) in [4.78, 5) is 17.1. The van der Waals surface area contributed by atoms with Crippen LogP contribution >= 0.6 is 0 Å². The van der Waals surface area contributed by atoms with Crippen molar-refractivity contribution in [2.45, 2.75) is 24.9 Å². The number of nitrogens with one attached hydrogen (secondary N) is 1. The number of para-hydroxylation sites is 1. The lowest BCUT2D eigenvalue weighted by molar-refractivity contribution is -0.138. The molecule has 0 radical (unpaired) electrons. The van der Waals surface area contributed by atoms with Crippen LogP contribution in [0.2, 0.25) is 0 Å². The maximum absolute atomic E-state index is 13.9. The van der Waals surface area contributed by atoms with Gasteiger partial charge in [0, 0.05) is 61.3 Å². The van der Waals surface area contributed by atoms with E-state index in [1.807, 2.05) is 60.3 Å². The summed E-state index contributed by atoms with van der Waals surface area (Å²) < 4.78 is 43.5. The van der Waals surface area contributed by atoms with Crippen molar-refractivity contribution < 1.29 is 18.0 Å². The van der Waals surface area contributed by atoms with Gasteiger partial charge in [-0.2, -0.15) is 13.2 Å². The predicted molar refractivity (Wildman–Crippen MR) is 122 cm³/mol. The molecule has 1 N–H and O–H groups in total. The number of aryl methyl sites for hydroxylation is 1. The Balaban J connectivity index is 1.66. The van der Waals surface area contributed by atoms with E-state index >= 15 is 0 Å². The minimum absolute atomic E-state index is 0.0939. The second kappa shape index (κ2) is 9.48. The molecular formula is C26H24F3N3O. The van der Waals surface area contributed by atoms with Crippen LogP contribution in [0.5, 0.6) is 0 Å². The molecule has 2 aromatic heterocycles. The Hall–Kier alpha value is -3.61. The van der Waals surface area contributed by atoms with Crippen LogP contribution in [-0.2, 0) is 24.4 Å². The number of alkyl halides is 3. The van der Waals surface area contributed by atoms with Gasteiger partial charge in [-0.25, -0.2) is 0 Å². The van der Waals surface area contributed by atoms with E-state index in [2.05, 4.69) is 10.3 Å². The van der Waals surface area contributed by atoms with Crippen LogP contribution < -0.4 is 5.32 Å². The molecule has 2 aromatic carbocycles. The maximum Gasteiger partial charge on any atom is 0.416 e. The molecule has 7 heteroatoms. The third-order valence-electron chi connectivity index (χ3n) is 5.76. The molecule has 0 aliphatic rings. The van der Waals surface area contributed by atoms with Gasteiger partial charge in [0.25, 0.3) is 0 Å². The summed E-state index contributed by atoms with van der Waals surface area (Å²) in [6, 6.07) is 18.6. The quantitative estimate of drug-likeness (QED) is 0.405. The fraction of sp³-hybridized carbons (Fsp3) is 0.231. The monoisotopic (exact) mass is 451 g/mol. The van der Waals surface area contributed by atoms with E-state index in [0.29, 0.717) is 18.5 Å². The SMILES string of the molecule is Cn1cc(C(CC(=O)NCCc2ccccn2)c2ccccc2C(F)(F)F)c2ccccc21. The molecule has 0 saturated heterocycles. The van der Waals surface area contributed by atoms with Crippen molar-refractivity contribution in [3.63, 3.8) is 0 Å². The van der Waals surface area contributed by atoms with Gasteiger partial charge in [0.15, 0.2) is 0 Å². The van der Waals surface area contributed by atoms with Gasteiger partial charge in [0.2, 0.25) is 5.91 Å². The van der Waals surface area contributed by atoms with E-state index in [1.165, 1.54) is 12.1 Å². The number of halogens is 3.